The van der Waals surface area contributed by atoms with Crippen LogP contribution in [0.1, 0.15) is 22.5 Å². The van der Waals surface area contributed by atoms with E-state index in [0.717, 1.165) is 0 Å². The summed E-state index contributed by atoms with van der Waals surface area (Å²) in [6.07, 6.45) is 0.350. The van der Waals surface area contributed by atoms with Crippen molar-refractivity contribution in [3.05, 3.63) is 22.4 Å². The van der Waals surface area contributed by atoms with Crippen LogP contribution < -0.4 is 0 Å². The maximum absolute atomic E-state index is 11.6. The standard InChI is InChI=1S/C9H8O3S/c10-8-4-3-6(12-8)9(11)7-2-1-5-13-7/h1-2,5-6H,3-4H2. The molecule has 2 rings (SSSR count). The Morgan fingerprint density at radius 2 is 2.46 bits per heavy atom. The number of ketones is 1. The molecule has 1 aliphatic heterocycles. The van der Waals surface area contributed by atoms with Crippen LogP contribution in [-0.2, 0) is 9.53 Å². The molecule has 1 aromatic rings. The first-order valence-electron chi connectivity index (χ1n) is 4.04. The Kier molecular flexibility index (Phi) is 2.14. The maximum Gasteiger partial charge on any atom is 0.306 e. The number of rotatable bonds is 2. The molecule has 1 unspecified atom stereocenters. The van der Waals surface area contributed by atoms with Crippen LogP contribution in [0, 0.1) is 0 Å². The predicted molar refractivity (Wildman–Crippen MR) is 47.8 cm³/mol. The number of carbonyl (C=O) groups is 2. The molecule has 1 fully saturated rings. The summed E-state index contributed by atoms with van der Waals surface area (Å²) in [6, 6.07) is 3.56. The minimum atomic E-state index is -0.536. The zero-order valence-corrected chi connectivity index (χ0v) is 7.67. The summed E-state index contributed by atoms with van der Waals surface area (Å²) < 4.78 is 4.87. The topological polar surface area (TPSA) is 43.4 Å². The third-order valence-corrected chi connectivity index (χ3v) is 2.83. The van der Waals surface area contributed by atoms with Crippen LogP contribution in [0.4, 0.5) is 0 Å². The first-order chi connectivity index (χ1) is 6.27. The number of esters is 1. The van der Waals surface area contributed by atoms with Crippen molar-refractivity contribution in [1.29, 1.82) is 0 Å². The van der Waals surface area contributed by atoms with Crippen LogP contribution in [0.2, 0.25) is 0 Å². The second-order valence-corrected chi connectivity index (χ2v) is 3.81. The van der Waals surface area contributed by atoms with Crippen molar-refractivity contribution in [1.82, 2.24) is 0 Å². The van der Waals surface area contributed by atoms with Gasteiger partial charge >= 0.3 is 5.97 Å². The Hall–Kier alpha value is -1.16. The maximum atomic E-state index is 11.6. The Balaban J connectivity index is 2.10. The number of thiophene rings is 1. The Labute approximate surface area is 79.3 Å². The third kappa shape index (κ3) is 1.62. The number of cyclic esters (lactones) is 1. The van der Waals surface area contributed by atoms with Gasteiger partial charge in [-0.25, -0.2) is 0 Å². The van der Waals surface area contributed by atoms with Gasteiger partial charge in [0.05, 0.1) is 4.88 Å². The second-order valence-electron chi connectivity index (χ2n) is 2.86. The molecule has 13 heavy (non-hydrogen) atoms. The van der Waals surface area contributed by atoms with Crippen molar-refractivity contribution >= 4 is 23.1 Å². The summed E-state index contributed by atoms with van der Waals surface area (Å²) >= 11 is 1.38. The van der Waals surface area contributed by atoms with E-state index in [-0.39, 0.29) is 11.8 Å². The first-order valence-corrected chi connectivity index (χ1v) is 4.92. The van der Waals surface area contributed by atoms with Gasteiger partial charge in [0, 0.05) is 12.8 Å². The molecule has 0 radical (unpaired) electrons. The highest BCUT2D eigenvalue weighted by Gasteiger charge is 2.30. The van der Waals surface area contributed by atoms with Gasteiger partial charge < -0.3 is 4.74 Å². The second kappa shape index (κ2) is 3.30. The van der Waals surface area contributed by atoms with Gasteiger partial charge in [0.25, 0.3) is 0 Å². The molecule has 1 aromatic heterocycles. The van der Waals surface area contributed by atoms with Crippen molar-refractivity contribution in [2.45, 2.75) is 18.9 Å². The van der Waals surface area contributed by atoms with E-state index in [1.165, 1.54) is 11.3 Å². The minimum absolute atomic E-state index is 0.0687. The van der Waals surface area contributed by atoms with Crippen LogP contribution in [0.3, 0.4) is 0 Å². The lowest BCUT2D eigenvalue weighted by atomic mass is 10.1. The molecule has 2 heterocycles. The van der Waals surface area contributed by atoms with Gasteiger partial charge in [-0.3, -0.25) is 9.59 Å². The van der Waals surface area contributed by atoms with E-state index in [2.05, 4.69) is 0 Å². The lowest BCUT2D eigenvalue weighted by Crippen LogP contribution is -2.19. The molecule has 68 valence electrons. The van der Waals surface area contributed by atoms with E-state index in [9.17, 15) is 9.59 Å². The molecule has 0 amide bonds. The molecule has 0 spiro atoms. The quantitative estimate of drug-likeness (QED) is 0.533. The molecule has 0 aliphatic carbocycles. The average molecular weight is 196 g/mol. The predicted octanol–water partition coefficient (Wildman–Crippen LogP) is 1.64. The smallest absolute Gasteiger partial charge is 0.306 e. The van der Waals surface area contributed by atoms with Crippen molar-refractivity contribution in [3.63, 3.8) is 0 Å². The summed E-state index contributed by atoms with van der Waals surface area (Å²) in [7, 11) is 0. The minimum Gasteiger partial charge on any atom is -0.454 e. The van der Waals surface area contributed by atoms with Crippen molar-refractivity contribution in [3.8, 4) is 0 Å². The summed E-state index contributed by atoms with van der Waals surface area (Å²) in [5.41, 5.74) is 0. The average Bonchev–Trinajstić information content (AvgIpc) is 2.72. The SMILES string of the molecule is O=C1CCC(C(=O)c2cccs2)O1. The Bertz CT molecular complexity index is 329. The van der Waals surface area contributed by atoms with E-state index in [1.807, 2.05) is 11.4 Å². The van der Waals surface area contributed by atoms with E-state index in [0.29, 0.717) is 17.7 Å². The summed E-state index contributed by atoms with van der Waals surface area (Å²) in [6.45, 7) is 0. The van der Waals surface area contributed by atoms with Gasteiger partial charge in [-0.05, 0) is 11.4 Å². The van der Waals surface area contributed by atoms with Crippen LogP contribution in [0.15, 0.2) is 17.5 Å². The molecule has 0 bridgehead atoms. The van der Waals surface area contributed by atoms with Crippen LogP contribution >= 0.6 is 11.3 Å². The molecule has 0 saturated carbocycles. The lowest BCUT2D eigenvalue weighted by molar-refractivity contribution is -0.140. The van der Waals surface area contributed by atoms with Crippen molar-refractivity contribution in [2.24, 2.45) is 0 Å². The molecule has 4 heteroatoms. The summed E-state index contributed by atoms with van der Waals surface area (Å²) in [5.74, 6) is -0.337. The molecule has 3 nitrogen and oxygen atoms in total. The van der Waals surface area contributed by atoms with E-state index in [1.54, 1.807) is 6.07 Å². The first kappa shape index (κ1) is 8.44. The Morgan fingerprint density at radius 1 is 1.62 bits per heavy atom. The zero-order chi connectivity index (χ0) is 9.26. The molecule has 0 N–H and O–H groups in total. The van der Waals surface area contributed by atoms with E-state index in [4.69, 9.17) is 4.74 Å². The van der Waals surface area contributed by atoms with Gasteiger partial charge in [-0.15, -0.1) is 11.3 Å². The van der Waals surface area contributed by atoms with Gasteiger partial charge in [0.1, 0.15) is 0 Å². The zero-order valence-electron chi connectivity index (χ0n) is 6.86. The Morgan fingerprint density at radius 3 is 3.00 bits per heavy atom. The number of hydrogen-bond donors (Lipinski definition) is 0. The van der Waals surface area contributed by atoms with Crippen molar-refractivity contribution < 1.29 is 14.3 Å². The fourth-order valence-electron chi connectivity index (χ4n) is 1.29. The van der Waals surface area contributed by atoms with Gasteiger partial charge in [0.15, 0.2) is 6.10 Å². The molecule has 0 aromatic carbocycles. The number of ether oxygens (including phenoxy) is 1. The summed E-state index contributed by atoms with van der Waals surface area (Å²) in [4.78, 5) is 23.0. The van der Waals surface area contributed by atoms with Gasteiger partial charge in [-0.2, -0.15) is 0 Å². The number of carbonyl (C=O) groups excluding carboxylic acids is 2. The molecular formula is C9H8O3S. The fraction of sp³-hybridized carbons (Fsp3) is 0.333. The largest absolute Gasteiger partial charge is 0.454 e. The number of hydrogen-bond acceptors (Lipinski definition) is 4. The van der Waals surface area contributed by atoms with Gasteiger partial charge in [-0.1, -0.05) is 6.07 Å². The van der Waals surface area contributed by atoms with Crippen molar-refractivity contribution in [2.75, 3.05) is 0 Å². The monoisotopic (exact) mass is 196 g/mol. The lowest BCUT2D eigenvalue weighted by Gasteiger charge is -2.04. The van der Waals surface area contributed by atoms with Crippen LogP contribution in [0.5, 0.6) is 0 Å². The normalized spacial score (nSPS) is 21.5. The van der Waals surface area contributed by atoms with E-state index >= 15 is 0 Å². The highest BCUT2D eigenvalue weighted by molar-refractivity contribution is 7.12. The molecule has 1 saturated heterocycles. The number of Topliss-reactive ketones (excluding diaryl/α,β-unsaturated/α-hetero) is 1. The van der Waals surface area contributed by atoms with E-state index < -0.39 is 6.10 Å². The molecule has 1 aliphatic rings. The fourth-order valence-corrected chi connectivity index (χ4v) is 2.00. The van der Waals surface area contributed by atoms with Crippen LogP contribution in [0.25, 0.3) is 0 Å². The van der Waals surface area contributed by atoms with Crippen LogP contribution in [-0.4, -0.2) is 17.9 Å². The highest BCUT2D eigenvalue weighted by atomic mass is 32.1. The van der Waals surface area contributed by atoms with Gasteiger partial charge in [0.2, 0.25) is 5.78 Å². The molecular weight excluding hydrogens is 188 g/mol. The highest BCUT2D eigenvalue weighted by Crippen LogP contribution is 2.20. The summed E-state index contributed by atoms with van der Waals surface area (Å²) in [5, 5.41) is 1.84. The third-order valence-electron chi connectivity index (χ3n) is 1.94. The molecule has 1 atom stereocenters.